The minimum absolute atomic E-state index is 0.0222. The van der Waals surface area contributed by atoms with Crippen LogP contribution in [0.3, 0.4) is 0 Å². The van der Waals surface area contributed by atoms with E-state index in [9.17, 15) is 19.5 Å². The van der Waals surface area contributed by atoms with Crippen molar-refractivity contribution in [3.05, 3.63) is 95.2 Å². The standard InChI is InChI=1S/C28H28N2O6/c1-18(2)17-36-24-13-9-20(10-14-24)26(31)30-25(15-19-7-11-23(35-3)12-8-19)27(32)29-22-6-4-5-21(16-22)28(33)34/h4-16,18H,17H2,1-3H3,(H,29,32)(H,30,31)(H,33,34)/b25-15-. The number of anilines is 1. The van der Waals surface area contributed by atoms with Crippen LogP contribution in [0.4, 0.5) is 5.69 Å². The molecule has 0 bridgehead atoms. The summed E-state index contributed by atoms with van der Waals surface area (Å²) in [5, 5.41) is 14.5. The van der Waals surface area contributed by atoms with Crippen molar-refractivity contribution < 1.29 is 29.0 Å². The Kier molecular flexibility index (Phi) is 8.83. The lowest BCUT2D eigenvalue weighted by molar-refractivity contribution is -0.113. The number of nitrogens with one attached hydrogen (secondary N) is 2. The number of rotatable bonds is 10. The highest BCUT2D eigenvalue weighted by Gasteiger charge is 2.16. The number of hydrogen-bond acceptors (Lipinski definition) is 5. The maximum atomic E-state index is 13.1. The molecule has 0 unspecified atom stereocenters. The fourth-order valence-corrected chi connectivity index (χ4v) is 3.11. The second kappa shape index (κ2) is 12.2. The quantitative estimate of drug-likeness (QED) is 0.352. The summed E-state index contributed by atoms with van der Waals surface area (Å²) >= 11 is 0. The maximum Gasteiger partial charge on any atom is 0.335 e. The highest BCUT2D eigenvalue weighted by Crippen LogP contribution is 2.17. The predicted octanol–water partition coefficient (Wildman–Crippen LogP) is 4.84. The van der Waals surface area contributed by atoms with Gasteiger partial charge in [-0.2, -0.15) is 0 Å². The number of ether oxygens (including phenoxy) is 2. The molecule has 0 aliphatic carbocycles. The fraction of sp³-hybridized carbons (Fsp3) is 0.179. The van der Waals surface area contributed by atoms with E-state index in [1.165, 1.54) is 24.3 Å². The Morgan fingerprint density at radius 2 is 1.58 bits per heavy atom. The molecule has 0 aliphatic rings. The van der Waals surface area contributed by atoms with Crippen LogP contribution in [-0.4, -0.2) is 36.6 Å². The van der Waals surface area contributed by atoms with Crippen LogP contribution in [0.15, 0.2) is 78.5 Å². The summed E-state index contributed by atoms with van der Waals surface area (Å²) in [5.41, 5.74) is 1.27. The van der Waals surface area contributed by atoms with E-state index in [-0.39, 0.29) is 16.9 Å². The zero-order valence-electron chi connectivity index (χ0n) is 20.3. The molecule has 2 amide bonds. The van der Waals surface area contributed by atoms with Gasteiger partial charge < -0.3 is 25.2 Å². The summed E-state index contributed by atoms with van der Waals surface area (Å²) in [6.07, 6.45) is 1.52. The van der Waals surface area contributed by atoms with Crippen molar-refractivity contribution in [2.75, 3.05) is 19.0 Å². The second-order valence-corrected chi connectivity index (χ2v) is 8.35. The maximum absolute atomic E-state index is 13.1. The van der Waals surface area contributed by atoms with E-state index in [1.807, 2.05) is 13.8 Å². The summed E-state index contributed by atoms with van der Waals surface area (Å²) in [7, 11) is 1.55. The van der Waals surface area contributed by atoms with Crippen LogP contribution in [0.5, 0.6) is 11.5 Å². The Morgan fingerprint density at radius 3 is 2.19 bits per heavy atom. The van der Waals surface area contributed by atoms with Crippen LogP contribution in [0.2, 0.25) is 0 Å². The van der Waals surface area contributed by atoms with E-state index in [0.717, 1.165) is 0 Å². The summed E-state index contributed by atoms with van der Waals surface area (Å²) in [4.78, 5) is 37.3. The monoisotopic (exact) mass is 488 g/mol. The van der Waals surface area contributed by atoms with Gasteiger partial charge in [-0.1, -0.05) is 32.0 Å². The molecule has 8 heteroatoms. The number of benzene rings is 3. The van der Waals surface area contributed by atoms with Crippen LogP contribution >= 0.6 is 0 Å². The van der Waals surface area contributed by atoms with Gasteiger partial charge in [0.05, 0.1) is 19.3 Å². The van der Waals surface area contributed by atoms with Gasteiger partial charge in [-0.25, -0.2) is 4.79 Å². The van der Waals surface area contributed by atoms with E-state index in [0.29, 0.717) is 35.2 Å². The van der Waals surface area contributed by atoms with E-state index in [2.05, 4.69) is 10.6 Å². The van der Waals surface area contributed by atoms with E-state index in [1.54, 1.807) is 61.7 Å². The van der Waals surface area contributed by atoms with Crippen LogP contribution in [0.1, 0.15) is 40.1 Å². The van der Waals surface area contributed by atoms with Crippen molar-refractivity contribution in [3.63, 3.8) is 0 Å². The first-order valence-corrected chi connectivity index (χ1v) is 11.3. The molecule has 0 aliphatic heterocycles. The Labute approximate surface area is 209 Å². The number of carboxylic acids is 1. The molecule has 3 N–H and O–H groups in total. The lowest BCUT2D eigenvalue weighted by Crippen LogP contribution is -2.30. The molecule has 8 nitrogen and oxygen atoms in total. The third kappa shape index (κ3) is 7.46. The van der Waals surface area contributed by atoms with E-state index in [4.69, 9.17) is 9.47 Å². The third-order valence-corrected chi connectivity index (χ3v) is 4.99. The number of methoxy groups -OCH3 is 1. The lowest BCUT2D eigenvalue weighted by Gasteiger charge is -2.13. The molecule has 3 aromatic rings. The molecule has 3 aromatic carbocycles. The van der Waals surface area contributed by atoms with Crippen molar-refractivity contribution in [2.45, 2.75) is 13.8 Å². The molecule has 0 aromatic heterocycles. The minimum Gasteiger partial charge on any atom is -0.497 e. The predicted molar refractivity (Wildman–Crippen MR) is 137 cm³/mol. The Morgan fingerprint density at radius 1 is 0.917 bits per heavy atom. The van der Waals surface area contributed by atoms with Gasteiger partial charge in [0.25, 0.3) is 11.8 Å². The topological polar surface area (TPSA) is 114 Å². The molecule has 0 fully saturated rings. The number of carboxylic acid groups (broad SMARTS) is 1. The van der Waals surface area contributed by atoms with Crippen LogP contribution in [0, 0.1) is 5.92 Å². The zero-order valence-corrected chi connectivity index (χ0v) is 20.3. The number of hydrogen-bond donors (Lipinski definition) is 3. The first-order chi connectivity index (χ1) is 17.2. The van der Waals surface area contributed by atoms with Gasteiger partial charge in [0.15, 0.2) is 0 Å². The van der Waals surface area contributed by atoms with E-state index < -0.39 is 17.8 Å². The molecule has 0 radical (unpaired) electrons. The Hall–Kier alpha value is -4.59. The lowest BCUT2D eigenvalue weighted by atomic mass is 10.1. The highest BCUT2D eigenvalue weighted by molar-refractivity contribution is 6.11. The smallest absolute Gasteiger partial charge is 0.335 e. The van der Waals surface area contributed by atoms with Gasteiger partial charge in [0, 0.05) is 11.3 Å². The zero-order chi connectivity index (χ0) is 26.1. The summed E-state index contributed by atoms with van der Waals surface area (Å²) in [5.74, 6) is -0.557. The van der Waals surface area contributed by atoms with Crippen molar-refractivity contribution in [1.82, 2.24) is 5.32 Å². The van der Waals surface area contributed by atoms with Crippen LogP contribution in [0.25, 0.3) is 6.08 Å². The number of amides is 2. The van der Waals surface area contributed by atoms with Crippen molar-refractivity contribution in [2.24, 2.45) is 5.92 Å². The molecule has 3 rings (SSSR count). The van der Waals surface area contributed by atoms with Gasteiger partial charge in [0.1, 0.15) is 17.2 Å². The van der Waals surface area contributed by atoms with Crippen LogP contribution < -0.4 is 20.1 Å². The molecular weight excluding hydrogens is 460 g/mol. The molecule has 0 spiro atoms. The fourth-order valence-electron chi connectivity index (χ4n) is 3.11. The summed E-state index contributed by atoms with van der Waals surface area (Å²) in [6, 6.07) is 19.4. The SMILES string of the molecule is COc1ccc(/C=C(\NC(=O)c2ccc(OCC(C)C)cc2)C(=O)Nc2cccc(C(=O)O)c2)cc1. The normalized spacial score (nSPS) is 11.1. The van der Waals surface area contributed by atoms with Crippen molar-refractivity contribution >= 4 is 29.5 Å². The average molecular weight is 489 g/mol. The van der Waals surface area contributed by atoms with Crippen molar-refractivity contribution in [3.8, 4) is 11.5 Å². The molecule has 36 heavy (non-hydrogen) atoms. The highest BCUT2D eigenvalue weighted by atomic mass is 16.5. The Balaban J connectivity index is 1.83. The van der Waals surface area contributed by atoms with Crippen molar-refractivity contribution in [1.29, 1.82) is 0 Å². The van der Waals surface area contributed by atoms with Gasteiger partial charge in [0.2, 0.25) is 0 Å². The van der Waals surface area contributed by atoms with Gasteiger partial charge in [-0.05, 0) is 72.2 Å². The summed E-state index contributed by atoms with van der Waals surface area (Å²) in [6.45, 7) is 4.65. The number of aromatic carboxylic acids is 1. The minimum atomic E-state index is -1.12. The first kappa shape index (κ1) is 26.0. The molecule has 0 saturated carbocycles. The third-order valence-electron chi connectivity index (χ3n) is 4.99. The molecule has 0 saturated heterocycles. The largest absolute Gasteiger partial charge is 0.497 e. The number of carbonyl (C=O) groups excluding carboxylic acids is 2. The molecular formula is C28H28N2O6. The van der Waals surface area contributed by atoms with E-state index >= 15 is 0 Å². The number of carbonyl (C=O) groups is 3. The molecule has 0 heterocycles. The average Bonchev–Trinajstić information content (AvgIpc) is 2.87. The van der Waals surface area contributed by atoms with Gasteiger partial charge >= 0.3 is 5.97 Å². The van der Waals surface area contributed by atoms with Gasteiger partial charge in [-0.15, -0.1) is 0 Å². The Bertz CT molecular complexity index is 1250. The van der Waals surface area contributed by atoms with Crippen LogP contribution in [-0.2, 0) is 4.79 Å². The molecule has 0 atom stereocenters. The second-order valence-electron chi connectivity index (χ2n) is 8.35. The van der Waals surface area contributed by atoms with Gasteiger partial charge in [-0.3, -0.25) is 9.59 Å². The summed E-state index contributed by atoms with van der Waals surface area (Å²) < 4.78 is 10.8. The first-order valence-electron chi connectivity index (χ1n) is 11.3. The molecule has 186 valence electrons.